The van der Waals surface area contributed by atoms with Crippen LogP contribution in [0.4, 0.5) is 0 Å². The van der Waals surface area contributed by atoms with Gasteiger partial charge in [-0.3, -0.25) is 0 Å². The molecule has 3 rings (SSSR count). The first-order valence-electron chi connectivity index (χ1n) is 6.77. The largest absolute Gasteiger partial charge is 0.377 e. The molecule has 96 valence electrons. The van der Waals surface area contributed by atoms with Crippen molar-refractivity contribution < 1.29 is 4.74 Å². The van der Waals surface area contributed by atoms with E-state index in [0.29, 0.717) is 0 Å². The van der Waals surface area contributed by atoms with Crippen LogP contribution < -0.4 is 0 Å². The number of aryl methyl sites for hydroxylation is 1. The van der Waals surface area contributed by atoms with Crippen LogP contribution in [0.3, 0.4) is 0 Å². The standard InChI is InChI=1S/C18H18O/c1-14-3-2-4-18(13-14)16-7-5-15(6-8-16)17-9-11-19-12-10-17/h2-9,13H,10-12H2,1H3. The maximum absolute atomic E-state index is 5.35. The third-order valence-corrected chi connectivity index (χ3v) is 3.57. The van der Waals surface area contributed by atoms with Gasteiger partial charge in [0, 0.05) is 0 Å². The van der Waals surface area contributed by atoms with Crippen LogP contribution in [0.25, 0.3) is 16.7 Å². The van der Waals surface area contributed by atoms with Gasteiger partial charge in [0.05, 0.1) is 13.2 Å². The van der Waals surface area contributed by atoms with E-state index in [1.165, 1.54) is 27.8 Å². The summed E-state index contributed by atoms with van der Waals surface area (Å²) in [6, 6.07) is 17.5. The van der Waals surface area contributed by atoms with E-state index in [2.05, 4.69) is 61.5 Å². The van der Waals surface area contributed by atoms with E-state index in [1.54, 1.807) is 0 Å². The number of benzene rings is 2. The molecule has 0 radical (unpaired) electrons. The Kier molecular flexibility index (Phi) is 3.47. The summed E-state index contributed by atoms with van der Waals surface area (Å²) in [6.45, 7) is 3.71. The third-order valence-electron chi connectivity index (χ3n) is 3.57. The summed E-state index contributed by atoms with van der Waals surface area (Å²) in [5, 5.41) is 0. The highest BCUT2D eigenvalue weighted by Gasteiger charge is 2.06. The van der Waals surface area contributed by atoms with E-state index in [9.17, 15) is 0 Å². The molecule has 0 atom stereocenters. The summed E-state index contributed by atoms with van der Waals surface area (Å²) in [4.78, 5) is 0. The fraction of sp³-hybridized carbons (Fsp3) is 0.222. The van der Waals surface area contributed by atoms with Crippen LogP contribution in [0.5, 0.6) is 0 Å². The van der Waals surface area contributed by atoms with Gasteiger partial charge >= 0.3 is 0 Å². The Morgan fingerprint density at radius 1 is 0.895 bits per heavy atom. The molecule has 0 aliphatic carbocycles. The van der Waals surface area contributed by atoms with Gasteiger partial charge in [-0.2, -0.15) is 0 Å². The van der Waals surface area contributed by atoms with E-state index in [0.717, 1.165) is 19.6 Å². The number of hydrogen-bond donors (Lipinski definition) is 0. The van der Waals surface area contributed by atoms with Crippen LogP contribution in [0, 0.1) is 6.92 Å². The number of hydrogen-bond acceptors (Lipinski definition) is 1. The lowest BCUT2D eigenvalue weighted by Gasteiger charge is -2.14. The smallest absolute Gasteiger partial charge is 0.0653 e. The Bertz CT molecular complexity index is 593. The molecular weight excluding hydrogens is 232 g/mol. The molecule has 1 nitrogen and oxygen atoms in total. The number of ether oxygens (including phenoxy) is 1. The second kappa shape index (κ2) is 5.41. The van der Waals surface area contributed by atoms with Crippen molar-refractivity contribution in [2.75, 3.05) is 13.2 Å². The van der Waals surface area contributed by atoms with Gasteiger partial charge in [0.15, 0.2) is 0 Å². The lowest BCUT2D eigenvalue weighted by molar-refractivity contribution is 0.161. The molecular formula is C18H18O. The molecule has 0 saturated heterocycles. The van der Waals surface area contributed by atoms with Crippen molar-refractivity contribution >= 4 is 5.57 Å². The van der Waals surface area contributed by atoms with Crippen molar-refractivity contribution in [2.45, 2.75) is 13.3 Å². The Hall–Kier alpha value is -1.86. The minimum Gasteiger partial charge on any atom is -0.377 e. The molecule has 1 aliphatic heterocycles. The molecule has 2 aromatic carbocycles. The summed E-state index contributed by atoms with van der Waals surface area (Å²) in [6.07, 6.45) is 3.20. The summed E-state index contributed by atoms with van der Waals surface area (Å²) in [7, 11) is 0. The summed E-state index contributed by atoms with van der Waals surface area (Å²) >= 11 is 0. The van der Waals surface area contributed by atoms with Crippen molar-refractivity contribution in [2.24, 2.45) is 0 Å². The Balaban J connectivity index is 1.88. The van der Waals surface area contributed by atoms with Gasteiger partial charge < -0.3 is 4.74 Å². The number of rotatable bonds is 2. The molecule has 0 spiro atoms. The fourth-order valence-electron chi connectivity index (χ4n) is 2.49. The van der Waals surface area contributed by atoms with Crippen LogP contribution in [0.15, 0.2) is 54.6 Å². The third kappa shape index (κ3) is 2.77. The van der Waals surface area contributed by atoms with Crippen LogP contribution >= 0.6 is 0 Å². The molecule has 0 fully saturated rings. The van der Waals surface area contributed by atoms with Gasteiger partial charge in [-0.05, 0) is 35.6 Å². The van der Waals surface area contributed by atoms with Gasteiger partial charge in [-0.1, -0.05) is 60.2 Å². The van der Waals surface area contributed by atoms with Gasteiger partial charge in [0.2, 0.25) is 0 Å². The molecule has 1 heterocycles. The van der Waals surface area contributed by atoms with Gasteiger partial charge in [0.1, 0.15) is 0 Å². The molecule has 0 N–H and O–H groups in total. The molecule has 1 heteroatoms. The van der Waals surface area contributed by atoms with Crippen molar-refractivity contribution in [1.29, 1.82) is 0 Å². The maximum Gasteiger partial charge on any atom is 0.0653 e. The van der Waals surface area contributed by atoms with Crippen LogP contribution in [-0.2, 0) is 4.74 Å². The first-order chi connectivity index (χ1) is 9.33. The predicted octanol–water partition coefficient (Wildman–Crippen LogP) is 4.47. The quantitative estimate of drug-likeness (QED) is 0.764. The SMILES string of the molecule is Cc1cccc(-c2ccc(C3=CCOCC3)cc2)c1. The molecule has 2 aromatic rings. The molecule has 0 bridgehead atoms. The summed E-state index contributed by atoms with van der Waals surface area (Å²) < 4.78 is 5.35. The Morgan fingerprint density at radius 3 is 2.37 bits per heavy atom. The first-order valence-corrected chi connectivity index (χ1v) is 6.77. The van der Waals surface area contributed by atoms with Crippen molar-refractivity contribution in [3.05, 3.63) is 65.7 Å². The molecule has 1 aliphatic rings. The van der Waals surface area contributed by atoms with E-state index < -0.39 is 0 Å². The fourth-order valence-corrected chi connectivity index (χ4v) is 2.49. The minimum absolute atomic E-state index is 0.745. The molecule has 19 heavy (non-hydrogen) atoms. The van der Waals surface area contributed by atoms with Crippen molar-refractivity contribution in [3.8, 4) is 11.1 Å². The molecule has 0 amide bonds. The van der Waals surface area contributed by atoms with Crippen molar-refractivity contribution in [3.63, 3.8) is 0 Å². The zero-order valence-electron chi connectivity index (χ0n) is 11.2. The average molecular weight is 250 g/mol. The molecule has 0 aromatic heterocycles. The average Bonchev–Trinajstić information content (AvgIpc) is 2.48. The van der Waals surface area contributed by atoms with E-state index in [4.69, 9.17) is 4.74 Å². The summed E-state index contributed by atoms with van der Waals surface area (Å²) in [5.41, 5.74) is 6.59. The van der Waals surface area contributed by atoms with Gasteiger partial charge in [-0.25, -0.2) is 0 Å². The minimum atomic E-state index is 0.745. The second-order valence-corrected chi connectivity index (χ2v) is 5.00. The Labute approximate surface area is 114 Å². The van der Waals surface area contributed by atoms with E-state index in [-0.39, 0.29) is 0 Å². The lowest BCUT2D eigenvalue weighted by Crippen LogP contribution is -2.03. The van der Waals surface area contributed by atoms with Gasteiger partial charge in [-0.15, -0.1) is 0 Å². The summed E-state index contributed by atoms with van der Waals surface area (Å²) in [5.74, 6) is 0. The first kappa shape index (κ1) is 12.2. The molecule has 0 unspecified atom stereocenters. The Morgan fingerprint density at radius 2 is 1.68 bits per heavy atom. The normalized spacial score (nSPS) is 15.1. The van der Waals surface area contributed by atoms with Crippen LogP contribution in [0.2, 0.25) is 0 Å². The van der Waals surface area contributed by atoms with Crippen LogP contribution in [0.1, 0.15) is 17.5 Å². The molecule has 0 saturated carbocycles. The highest BCUT2D eigenvalue weighted by atomic mass is 16.5. The highest BCUT2D eigenvalue weighted by molar-refractivity contribution is 5.71. The topological polar surface area (TPSA) is 9.23 Å². The second-order valence-electron chi connectivity index (χ2n) is 5.00. The lowest BCUT2D eigenvalue weighted by atomic mass is 9.97. The van der Waals surface area contributed by atoms with E-state index >= 15 is 0 Å². The van der Waals surface area contributed by atoms with Gasteiger partial charge in [0.25, 0.3) is 0 Å². The highest BCUT2D eigenvalue weighted by Crippen LogP contribution is 2.25. The maximum atomic E-state index is 5.35. The van der Waals surface area contributed by atoms with Crippen molar-refractivity contribution in [1.82, 2.24) is 0 Å². The predicted molar refractivity (Wildman–Crippen MR) is 80.0 cm³/mol. The zero-order valence-corrected chi connectivity index (χ0v) is 11.2. The zero-order chi connectivity index (χ0) is 13.1. The van der Waals surface area contributed by atoms with E-state index in [1.807, 2.05) is 0 Å². The monoisotopic (exact) mass is 250 g/mol. The van der Waals surface area contributed by atoms with Crippen LogP contribution in [-0.4, -0.2) is 13.2 Å².